The van der Waals surface area contributed by atoms with Crippen molar-refractivity contribution < 1.29 is 0 Å². The largest absolute Gasteiger partial charge is 0.303 e. The van der Waals surface area contributed by atoms with E-state index in [1.165, 1.54) is 32.5 Å². The van der Waals surface area contributed by atoms with Crippen molar-refractivity contribution >= 4 is 0 Å². The molecule has 1 heterocycles. The van der Waals surface area contributed by atoms with Crippen LogP contribution in [-0.4, -0.2) is 24.5 Å². The normalized spacial score (nSPS) is 23.0. The lowest BCUT2D eigenvalue weighted by Crippen LogP contribution is -2.31. The van der Waals surface area contributed by atoms with Crippen LogP contribution in [0.25, 0.3) is 0 Å². The van der Waals surface area contributed by atoms with Gasteiger partial charge in [0.05, 0.1) is 0 Å². The summed E-state index contributed by atoms with van der Waals surface area (Å²) < 4.78 is 0. The fourth-order valence-corrected chi connectivity index (χ4v) is 1.63. The Bertz CT molecular complexity index is 128. The molecule has 1 aliphatic rings. The van der Waals surface area contributed by atoms with E-state index in [0.717, 1.165) is 5.92 Å². The average Bonchev–Trinajstić information content (AvgIpc) is 2.37. The molecule has 1 unspecified atom stereocenters. The number of hydrogen-bond acceptors (Lipinski definition) is 1. The Morgan fingerprint density at radius 1 is 1.17 bits per heavy atom. The monoisotopic (exact) mass is 169 g/mol. The zero-order chi connectivity index (χ0) is 9.19. The first-order valence-corrected chi connectivity index (χ1v) is 5.22. The van der Waals surface area contributed by atoms with E-state index in [9.17, 15) is 0 Å². The van der Waals surface area contributed by atoms with Gasteiger partial charge in [-0.3, -0.25) is 0 Å². The highest BCUT2D eigenvalue weighted by Crippen LogP contribution is 2.26. The van der Waals surface area contributed by atoms with Crippen LogP contribution in [-0.2, 0) is 0 Å². The third kappa shape index (κ3) is 2.78. The number of likely N-dealkylation sites (tertiary alicyclic amines) is 1. The molecule has 1 fully saturated rings. The smallest absolute Gasteiger partial charge is 0.00120 e. The van der Waals surface area contributed by atoms with Gasteiger partial charge in [-0.05, 0) is 37.3 Å². The molecule has 12 heavy (non-hydrogen) atoms. The van der Waals surface area contributed by atoms with Crippen molar-refractivity contribution in [3.05, 3.63) is 0 Å². The molecule has 1 nitrogen and oxygen atoms in total. The van der Waals surface area contributed by atoms with Gasteiger partial charge in [-0.15, -0.1) is 0 Å². The fraction of sp³-hybridized carbons (Fsp3) is 1.00. The van der Waals surface area contributed by atoms with Crippen LogP contribution in [0, 0.1) is 11.3 Å². The molecule has 0 radical (unpaired) electrons. The van der Waals surface area contributed by atoms with Crippen LogP contribution in [0.3, 0.4) is 0 Å². The quantitative estimate of drug-likeness (QED) is 0.614. The maximum atomic E-state index is 2.61. The van der Waals surface area contributed by atoms with Crippen molar-refractivity contribution in [2.45, 2.75) is 40.5 Å². The molecule has 0 bridgehead atoms. The molecule has 0 N–H and O–H groups in total. The van der Waals surface area contributed by atoms with Crippen molar-refractivity contribution in [1.29, 1.82) is 0 Å². The van der Waals surface area contributed by atoms with Crippen LogP contribution >= 0.6 is 0 Å². The molecule has 0 amide bonds. The highest BCUT2D eigenvalue weighted by atomic mass is 15.1. The van der Waals surface area contributed by atoms with Crippen LogP contribution in [0.1, 0.15) is 40.5 Å². The van der Waals surface area contributed by atoms with Crippen LogP contribution in [0.4, 0.5) is 0 Å². The summed E-state index contributed by atoms with van der Waals surface area (Å²) in [6.45, 7) is 13.4. The predicted molar refractivity (Wildman–Crippen MR) is 54.3 cm³/mol. The average molecular weight is 169 g/mol. The Hall–Kier alpha value is -0.0400. The van der Waals surface area contributed by atoms with Gasteiger partial charge in [0.1, 0.15) is 0 Å². The van der Waals surface area contributed by atoms with Crippen molar-refractivity contribution in [2.24, 2.45) is 11.3 Å². The second-order valence-electron chi connectivity index (χ2n) is 5.27. The molecule has 0 aromatic heterocycles. The highest BCUT2D eigenvalue weighted by molar-refractivity contribution is 4.76. The molecular formula is C11H23N. The van der Waals surface area contributed by atoms with Crippen LogP contribution in [0.5, 0.6) is 0 Å². The second kappa shape index (κ2) is 3.78. The maximum absolute atomic E-state index is 2.61. The third-order valence-corrected chi connectivity index (χ3v) is 3.21. The topological polar surface area (TPSA) is 3.24 Å². The van der Waals surface area contributed by atoms with Gasteiger partial charge in [-0.25, -0.2) is 0 Å². The fourth-order valence-electron chi connectivity index (χ4n) is 1.63. The van der Waals surface area contributed by atoms with Gasteiger partial charge in [-0.1, -0.05) is 27.7 Å². The lowest BCUT2D eigenvalue weighted by Gasteiger charge is -2.30. The second-order valence-corrected chi connectivity index (χ2v) is 5.27. The molecule has 0 aromatic rings. The van der Waals surface area contributed by atoms with Crippen LogP contribution < -0.4 is 0 Å². The third-order valence-electron chi connectivity index (χ3n) is 3.21. The molecule has 0 saturated carbocycles. The Kier molecular flexibility index (Phi) is 3.16. The molecule has 72 valence electrons. The van der Waals surface area contributed by atoms with Gasteiger partial charge in [0.25, 0.3) is 0 Å². The van der Waals surface area contributed by atoms with Gasteiger partial charge in [-0.2, -0.15) is 0 Å². The molecule has 1 aliphatic heterocycles. The van der Waals surface area contributed by atoms with Crippen molar-refractivity contribution in [2.75, 3.05) is 19.6 Å². The minimum Gasteiger partial charge on any atom is -0.303 e. The molecular weight excluding hydrogens is 146 g/mol. The maximum Gasteiger partial charge on any atom is 0.00120 e. The van der Waals surface area contributed by atoms with Gasteiger partial charge < -0.3 is 4.90 Å². The first kappa shape index (κ1) is 10.0. The standard InChI is InChI=1S/C11H23N/c1-10(11(2,3)4)9-12-7-5-6-8-12/h10H,5-9H2,1-4H3. The molecule has 0 aromatic carbocycles. The Morgan fingerprint density at radius 2 is 1.67 bits per heavy atom. The minimum absolute atomic E-state index is 0.475. The van der Waals surface area contributed by atoms with Crippen LogP contribution in [0.2, 0.25) is 0 Å². The van der Waals surface area contributed by atoms with Gasteiger partial charge in [0.15, 0.2) is 0 Å². The van der Waals surface area contributed by atoms with E-state index < -0.39 is 0 Å². The summed E-state index contributed by atoms with van der Waals surface area (Å²) in [7, 11) is 0. The van der Waals surface area contributed by atoms with E-state index in [-0.39, 0.29) is 0 Å². The summed E-state index contributed by atoms with van der Waals surface area (Å²) >= 11 is 0. The summed E-state index contributed by atoms with van der Waals surface area (Å²) in [6, 6.07) is 0. The molecule has 0 aliphatic carbocycles. The number of nitrogens with zero attached hydrogens (tertiary/aromatic N) is 1. The Morgan fingerprint density at radius 3 is 2.08 bits per heavy atom. The van der Waals surface area contributed by atoms with E-state index in [2.05, 4.69) is 32.6 Å². The van der Waals surface area contributed by atoms with E-state index in [4.69, 9.17) is 0 Å². The zero-order valence-electron chi connectivity index (χ0n) is 9.06. The van der Waals surface area contributed by atoms with E-state index in [1.807, 2.05) is 0 Å². The summed E-state index contributed by atoms with van der Waals surface area (Å²) in [5.74, 6) is 0.815. The highest BCUT2D eigenvalue weighted by Gasteiger charge is 2.23. The first-order chi connectivity index (χ1) is 5.50. The lowest BCUT2D eigenvalue weighted by atomic mass is 9.82. The van der Waals surface area contributed by atoms with Gasteiger partial charge in [0.2, 0.25) is 0 Å². The molecule has 1 saturated heterocycles. The van der Waals surface area contributed by atoms with Crippen molar-refractivity contribution in [3.63, 3.8) is 0 Å². The SMILES string of the molecule is CC(CN1CCCC1)C(C)(C)C. The molecule has 1 heteroatoms. The first-order valence-electron chi connectivity index (χ1n) is 5.22. The lowest BCUT2D eigenvalue weighted by molar-refractivity contribution is 0.183. The number of hydrogen-bond donors (Lipinski definition) is 0. The summed E-state index contributed by atoms with van der Waals surface area (Å²) in [5, 5.41) is 0. The van der Waals surface area contributed by atoms with Crippen LogP contribution in [0.15, 0.2) is 0 Å². The summed E-state index contributed by atoms with van der Waals surface area (Å²) in [6.07, 6.45) is 2.83. The Balaban J connectivity index is 2.30. The minimum atomic E-state index is 0.475. The van der Waals surface area contributed by atoms with E-state index in [0.29, 0.717) is 5.41 Å². The predicted octanol–water partition coefficient (Wildman–Crippen LogP) is 2.76. The van der Waals surface area contributed by atoms with E-state index >= 15 is 0 Å². The molecule has 1 rings (SSSR count). The molecule has 0 spiro atoms. The molecule has 1 atom stereocenters. The van der Waals surface area contributed by atoms with Crippen molar-refractivity contribution in [3.8, 4) is 0 Å². The van der Waals surface area contributed by atoms with E-state index in [1.54, 1.807) is 0 Å². The van der Waals surface area contributed by atoms with Gasteiger partial charge in [0, 0.05) is 6.54 Å². The summed E-state index contributed by atoms with van der Waals surface area (Å²) in [5.41, 5.74) is 0.475. The zero-order valence-corrected chi connectivity index (χ0v) is 9.06. The number of rotatable bonds is 2. The Labute approximate surface area is 77.1 Å². The van der Waals surface area contributed by atoms with Gasteiger partial charge >= 0.3 is 0 Å². The summed E-state index contributed by atoms with van der Waals surface area (Å²) in [4.78, 5) is 2.61. The van der Waals surface area contributed by atoms with Crippen molar-refractivity contribution in [1.82, 2.24) is 4.90 Å².